The van der Waals surface area contributed by atoms with E-state index in [4.69, 9.17) is 11.6 Å². The third-order valence-corrected chi connectivity index (χ3v) is 0.774. The van der Waals surface area contributed by atoms with Gasteiger partial charge in [0.15, 0.2) is 0 Å². The highest BCUT2D eigenvalue weighted by Gasteiger charge is 1.93. The highest BCUT2D eigenvalue weighted by Crippen LogP contribution is 1.92. The average Bonchev–Trinajstić information content (AvgIpc) is 1.61. The molecule has 0 aromatic rings. The van der Waals surface area contributed by atoms with E-state index in [1.807, 2.05) is 0 Å². The van der Waals surface area contributed by atoms with Crippen molar-refractivity contribution in [2.75, 3.05) is 5.88 Å². The summed E-state index contributed by atoms with van der Waals surface area (Å²) in [5.74, 6) is 0.357. The van der Waals surface area contributed by atoms with E-state index in [0.717, 1.165) is 0 Å². The van der Waals surface area contributed by atoms with E-state index in [1.54, 1.807) is 0 Å². The quantitative estimate of drug-likeness (QED) is 0.412. The minimum atomic E-state index is -1.28. The molecule has 0 saturated carbocycles. The van der Waals surface area contributed by atoms with Gasteiger partial charge in [0, 0.05) is 12.3 Å². The van der Waals surface area contributed by atoms with Crippen molar-refractivity contribution in [2.45, 2.75) is 12.8 Å². The molecule has 0 atom stereocenters. The maximum Gasteiger partial charge on any atom is 0.301 e. The number of carbonyl (C=O) groups excluding carboxylic acids is 1. The minimum Gasteiger partial charge on any atom is -0.261 e. The van der Waals surface area contributed by atoms with Crippen LogP contribution in [0.25, 0.3) is 0 Å². The fourth-order valence-corrected chi connectivity index (χ4v) is 0.339. The summed E-state index contributed by atoms with van der Waals surface area (Å²) in [4.78, 5) is 9.48. The van der Waals surface area contributed by atoms with Crippen LogP contribution in [-0.4, -0.2) is 11.9 Å². The van der Waals surface area contributed by atoms with Crippen molar-refractivity contribution in [2.24, 2.45) is 0 Å². The van der Waals surface area contributed by atoms with Crippen LogP contribution in [0.3, 0.4) is 0 Å². The van der Waals surface area contributed by atoms with E-state index >= 15 is 0 Å². The van der Waals surface area contributed by atoms with Gasteiger partial charge in [0.05, 0.1) is 0 Å². The van der Waals surface area contributed by atoms with E-state index < -0.39 is 6.04 Å². The van der Waals surface area contributed by atoms with Gasteiger partial charge in [-0.2, -0.15) is 4.39 Å². The Morgan fingerprint density at radius 1 is 1.71 bits per heavy atom. The van der Waals surface area contributed by atoms with Crippen molar-refractivity contribution < 1.29 is 9.18 Å². The predicted molar refractivity (Wildman–Crippen MR) is 26.1 cm³/mol. The molecule has 0 bridgehead atoms. The summed E-state index contributed by atoms with van der Waals surface area (Å²) in [6.07, 6.45) is 0.403. The molecule has 42 valence electrons. The third-order valence-electron chi connectivity index (χ3n) is 0.507. The lowest BCUT2D eigenvalue weighted by atomic mass is 10.4. The van der Waals surface area contributed by atoms with Gasteiger partial charge in [-0.05, 0) is 6.42 Å². The molecule has 0 heterocycles. The second kappa shape index (κ2) is 4.06. The molecular formula is C4H6ClFO. The van der Waals surface area contributed by atoms with Gasteiger partial charge in [-0.3, -0.25) is 4.79 Å². The topological polar surface area (TPSA) is 17.1 Å². The molecule has 7 heavy (non-hydrogen) atoms. The number of carbonyl (C=O) groups is 1. The Morgan fingerprint density at radius 2 is 2.29 bits per heavy atom. The Bertz CT molecular complexity index is 64.7. The molecule has 1 nitrogen and oxygen atoms in total. The van der Waals surface area contributed by atoms with Crippen LogP contribution >= 0.6 is 11.6 Å². The number of hydrogen-bond donors (Lipinski definition) is 0. The van der Waals surface area contributed by atoms with Gasteiger partial charge in [-0.15, -0.1) is 11.6 Å². The first-order valence-corrected chi connectivity index (χ1v) is 2.55. The molecule has 0 spiro atoms. The summed E-state index contributed by atoms with van der Waals surface area (Å²) >= 11 is 5.13. The molecular weight excluding hydrogens is 118 g/mol. The normalized spacial score (nSPS) is 8.86. The van der Waals surface area contributed by atoms with Crippen molar-refractivity contribution in [1.82, 2.24) is 0 Å². The van der Waals surface area contributed by atoms with Crippen molar-refractivity contribution in [3.05, 3.63) is 0 Å². The highest BCUT2D eigenvalue weighted by atomic mass is 35.5. The van der Waals surface area contributed by atoms with Crippen molar-refractivity contribution >= 4 is 17.6 Å². The van der Waals surface area contributed by atoms with Crippen LogP contribution in [0.2, 0.25) is 0 Å². The summed E-state index contributed by atoms with van der Waals surface area (Å²) < 4.78 is 11.2. The van der Waals surface area contributed by atoms with E-state index in [9.17, 15) is 9.18 Å². The Labute approximate surface area is 46.5 Å². The summed E-state index contributed by atoms with van der Waals surface area (Å²) in [7, 11) is 0. The Morgan fingerprint density at radius 3 is 2.43 bits per heavy atom. The van der Waals surface area contributed by atoms with Gasteiger partial charge in [0.2, 0.25) is 0 Å². The summed E-state index contributed by atoms with van der Waals surface area (Å²) in [5, 5.41) is 0. The van der Waals surface area contributed by atoms with Crippen LogP contribution in [0, 0.1) is 0 Å². The maximum atomic E-state index is 11.2. The molecule has 0 fully saturated rings. The minimum absolute atomic E-state index is 0.0382. The zero-order valence-corrected chi connectivity index (χ0v) is 4.54. The first kappa shape index (κ1) is 6.89. The molecule has 3 heteroatoms. The fourth-order valence-electron chi connectivity index (χ4n) is 0.206. The second-order valence-corrected chi connectivity index (χ2v) is 1.53. The number of alkyl halides is 1. The van der Waals surface area contributed by atoms with Crippen LogP contribution in [0.15, 0.2) is 0 Å². The number of rotatable bonds is 3. The number of hydrogen-bond acceptors (Lipinski definition) is 1. The first-order chi connectivity index (χ1) is 3.27. The van der Waals surface area contributed by atoms with Crippen molar-refractivity contribution in [3.63, 3.8) is 0 Å². The third kappa shape index (κ3) is 5.89. The predicted octanol–water partition coefficient (Wildman–Crippen LogP) is 1.50. The van der Waals surface area contributed by atoms with Gasteiger partial charge in [-0.1, -0.05) is 0 Å². The van der Waals surface area contributed by atoms with E-state index in [1.165, 1.54) is 0 Å². The molecule has 0 unspecified atom stereocenters. The Hall–Kier alpha value is -0.110. The zero-order valence-electron chi connectivity index (χ0n) is 3.79. The SMILES string of the molecule is O=C(F)CCCCl. The summed E-state index contributed by atoms with van der Waals surface area (Å²) in [6, 6.07) is -1.28. The molecule has 0 aromatic carbocycles. The van der Waals surface area contributed by atoms with Gasteiger partial charge < -0.3 is 0 Å². The standard InChI is InChI=1S/C4H6ClFO/c5-3-1-2-4(6)7/h1-3H2. The van der Waals surface area contributed by atoms with Crippen LogP contribution in [0.5, 0.6) is 0 Å². The van der Waals surface area contributed by atoms with E-state index in [2.05, 4.69) is 0 Å². The van der Waals surface area contributed by atoms with E-state index in [0.29, 0.717) is 12.3 Å². The first-order valence-electron chi connectivity index (χ1n) is 2.01. The number of halogens is 2. The molecule has 0 N–H and O–H groups in total. The molecule has 0 radical (unpaired) electrons. The van der Waals surface area contributed by atoms with E-state index in [-0.39, 0.29) is 6.42 Å². The molecule has 0 saturated heterocycles. The van der Waals surface area contributed by atoms with Gasteiger partial charge in [-0.25, -0.2) is 0 Å². The zero-order chi connectivity index (χ0) is 5.70. The van der Waals surface area contributed by atoms with Gasteiger partial charge >= 0.3 is 6.04 Å². The van der Waals surface area contributed by atoms with Crippen molar-refractivity contribution in [3.8, 4) is 0 Å². The van der Waals surface area contributed by atoms with Crippen LogP contribution < -0.4 is 0 Å². The van der Waals surface area contributed by atoms with Crippen LogP contribution in [0.1, 0.15) is 12.8 Å². The molecule has 0 aliphatic carbocycles. The maximum absolute atomic E-state index is 11.2. The summed E-state index contributed by atoms with van der Waals surface area (Å²) in [5.41, 5.74) is 0. The molecule has 0 amide bonds. The molecule has 0 aromatic heterocycles. The summed E-state index contributed by atoms with van der Waals surface area (Å²) in [6.45, 7) is 0. The monoisotopic (exact) mass is 124 g/mol. The molecule has 0 aliphatic heterocycles. The lowest BCUT2D eigenvalue weighted by molar-refractivity contribution is -0.129. The van der Waals surface area contributed by atoms with Crippen molar-refractivity contribution in [1.29, 1.82) is 0 Å². The fraction of sp³-hybridized carbons (Fsp3) is 0.750. The van der Waals surface area contributed by atoms with Gasteiger partial charge in [0.25, 0.3) is 0 Å². The van der Waals surface area contributed by atoms with Crippen LogP contribution in [0.4, 0.5) is 4.39 Å². The smallest absolute Gasteiger partial charge is 0.261 e. The molecule has 0 aliphatic rings. The lowest BCUT2D eigenvalue weighted by Crippen LogP contribution is -1.86. The molecule has 0 rings (SSSR count). The van der Waals surface area contributed by atoms with Crippen LogP contribution in [-0.2, 0) is 4.79 Å². The lowest BCUT2D eigenvalue weighted by Gasteiger charge is -1.82. The Kier molecular flexibility index (Phi) is 4.00. The largest absolute Gasteiger partial charge is 0.301 e. The second-order valence-electron chi connectivity index (χ2n) is 1.15. The Balaban J connectivity index is 2.82. The van der Waals surface area contributed by atoms with Gasteiger partial charge in [0.1, 0.15) is 0 Å². The highest BCUT2D eigenvalue weighted by molar-refractivity contribution is 6.17. The average molecular weight is 125 g/mol.